The minimum absolute atomic E-state index is 0. The van der Waals surface area contributed by atoms with Crippen molar-refractivity contribution in [1.29, 1.82) is 0 Å². The zero-order valence-corrected chi connectivity index (χ0v) is 15.4. The maximum absolute atomic E-state index is 5.95. The topological polar surface area (TPSA) is 72.5 Å². The molecule has 0 bridgehead atoms. The van der Waals surface area contributed by atoms with Gasteiger partial charge >= 0.3 is 0 Å². The van der Waals surface area contributed by atoms with E-state index in [2.05, 4.69) is 33.5 Å². The molecule has 1 aromatic heterocycles. The molecule has 0 amide bonds. The molecule has 0 saturated carbocycles. The Bertz CT molecular complexity index is 685. The summed E-state index contributed by atoms with van der Waals surface area (Å²) in [6.07, 6.45) is 5.32. The number of nitrogens with two attached hydrogens (primary N) is 1. The first-order chi connectivity index (χ1) is 10.7. The molecule has 3 N–H and O–H groups in total. The summed E-state index contributed by atoms with van der Waals surface area (Å²) in [6, 6.07) is 10.1. The molecule has 0 saturated heterocycles. The van der Waals surface area contributed by atoms with Gasteiger partial charge in [0.1, 0.15) is 0 Å². The first-order valence-electron chi connectivity index (χ1n) is 7.42. The fraction of sp³-hybridized carbons (Fsp3) is 0.294. The number of ether oxygens (including phenoxy) is 1. The zero-order chi connectivity index (χ0) is 15.4. The van der Waals surface area contributed by atoms with Gasteiger partial charge in [0.05, 0.1) is 13.7 Å². The highest BCUT2D eigenvalue weighted by Gasteiger charge is 2.10. The summed E-state index contributed by atoms with van der Waals surface area (Å²) in [5.74, 6) is 1.01. The molecule has 0 atom stereocenters. The smallest absolute Gasteiger partial charge is 0.212 e. The Morgan fingerprint density at radius 2 is 2.09 bits per heavy atom. The van der Waals surface area contributed by atoms with Gasteiger partial charge in [-0.15, -0.1) is 24.0 Å². The van der Waals surface area contributed by atoms with Crippen molar-refractivity contribution in [2.24, 2.45) is 10.7 Å². The molecular formula is C17H21IN4O. The number of aryl methyl sites for hydroxylation is 2. The largest absolute Gasteiger partial charge is 0.481 e. The number of hydrogen-bond donors (Lipinski definition) is 2. The number of anilines is 1. The van der Waals surface area contributed by atoms with E-state index in [1.54, 1.807) is 13.3 Å². The highest BCUT2D eigenvalue weighted by molar-refractivity contribution is 14.0. The molecule has 1 aromatic carbocycles. The average Bonchev–Trinajstić information content (AvgIpc) is 3.01. The number of rotatable bonds is 4. The standard InChI is InChI=1S/C17H20N4O.HI/c1-22-16-8-5-12(10-19-16)11-20-17(18)21-15-7-6-13-3-2-4-14(13)9-15;/h5-10H,2-4,11H2,1H3,(H3,18,20,21);1H. The van der Waals surface area contributed by atoms with Crippen LogP contribution in [0.3, 0.4) is 0 Å². The Morgan fingerprint density at radius 3 is 2.83 bits per heavy atom. The lowest BCUT2D eigenvalue weighted by Gasteiger charge is -2.08. The van der Waals surface area contributed by atoms with E-state index in [4.69, 9.17) is 10.5 Å². The van der Waals surface area contributed by atoms with E-state index in [0.29, 0.717) is 18.4 Å². The minimum Gasteiger partial charge on any atom is -0.481 e. The van der Waals surface area contributed by atoms with Gasteiger partial charge in [-0.2, -0.15) is 0 Å². The molecule has 0 unspecified atom stereocenters. The molecule has 0 radical (unpaired) electrons. The first-order valence-corrected chi connectivity index (χ1v) is 7.42. The third kappa shape index (κ3) is 4.57. The first kappa shape index (κ1) is 17.5. The molecule has 0 aliphatic heterocycles. The lowest BCUT2D eigenvalue weighted by molar-refractivity contribution is 0.397. The maximum Gasteiger partial charge on any atom is 0.212 e. The second-order valence-electron chi connectivity index (χ2n) is 5.37. The van der Waals surface area contributed by atoms with Gasteiger partial charge in [-0.25, -0.2) is 9.98 Å². The van der Waals surface area contributed by atoms with Crippen LogP contribution in [0.4, 0.5) is 5.69 Å². The predicted octanol–water partition coefficient (Wildman–Crippen LogP) is 3.12. The number of fused-ring (bicyclic) bond motifs is 1. The summed E-state index contributed by atoms with van der Waals surface area (Å²) in [6.45, 7) is 0.487. The number of nitrogens with one attached hydrogen (secondary N) is 1. The minimum atomic E-state index is 0. The van der Waals surface area contributed by atoms with Crippen molar-refractivity contribution in [2.75, 3.05) is 12.4 Å². The predicted molar refractivity (Wildman–Crippen MR) is 104 cm³/mol. The van der Waals surface area contributed by atoms with E-state index in [1.807, 2.05) is 12.1 Å². The van der Waals surface area contributed by atoms with Gasteiger partial charge in [0.25, 0.3) is 0 Å². The van der Waals surface area contributed by atoms with Gasteiger partial charge in [0, 0.05) is 18.0 Å². The van der Waals surface area contributed by atoms with Gasteiger partial charge < -0.3 is 15.8 Å². The van der Waals surface area contributed by atoms with Crippen LogP contribution >= 0.6 is 24.0 Å². The average molecular weight is 424 g/mol. The summed E-state index contributed by atoms with van der Waals surface area (Å²) >= 11 is 0. The van der Waals surface area contributed by atoms with Crippen LogP contribution in [0.15, 0.2) is 41.5 Å². The van der Waals surface area contributed by atoms with Crippen molar-refractivity contribution in [3.63, 3.8) is 0 Å². The van der Waals surface area contributed by atoms with Crippen molar-refractivity contribution >= 4 is 35.6 Å². The summed E-state index contributed by atoms with van der Waals surface area (Å²) in [4.78, 5) is 8.49. The fourth-order valence-corrected chi connectivity index (χ4v) is 2.64. The Morgan fingerprint density at radius 1 is 1.26 bits per heavy atom. The summed E-state index contributed by atoms with van der Waals surface area (Å²) < 4.78 is 5.03. The monoisotopic (exact) mass is 424 g/mol. The lowest BCUT2D eigenvalue weighted by Crippen LogP contribution is -2.22. The van der Waals surface area contributed by atoms with Gasteiger partial charge in [-0.05, 0) is 48.1 Å². The van der Waals surface area contributed by atoms with Crippen molar-refractivity contribution < 1.29 is 4.74 Å². The molecule has 1 heterocycles. The van der Waals surface area contributed by atoms with Crippen LogP contribution in [0.25, 0.3) is 0 Å². The number of aliphatic imine (C=N–C) groups is 1. The van der Waals surface area contributed by atoms with Crippen molar-refractivity contribution in [3.8, 4) is 5.88 Å². The molecule has 1 aliphatic rings. The molecular weight excluding hydrogens is 403 g/mol. The molecule has 5 nitrogen and oxygen atoms in total. The molecule has 6 heteroatoms. The van der Waals surface area contributed by atoms with Crippen molar-refractivity contribution in [2.45, 2.75) is 25.8 Å². The van der Waals surface area contributed by atoms with Crippen molar-refractivity contribution in [1.82, 2.24) is 4.98 Å². The van der Waals surface area contributed by atoms with Crippen LogP contribution in [0.5, 0.6) is 5.88 Å². The molecule has 0 spiro atoms. The summed E-state index contributed by atoms with van der Waals surface area (Å²) in [5.41, 5.74) is 10.8. The normalized spacial score (nSPS) is 13.2. The van der Waals surface area contributed by atoms with Gasteiger partial charge in [-0.1, -0.05) is 12.1 Å². The molecule has 0 fully saturated rings. The van der Waals surface area contributed by atoms with Crippen LogP contribution < -0.4 is 15.8 Å². The second kappa shape index (κ2) is 8.14. The van der Waals surface area contributed by atoms with E-state index in [1.165, 1.54) is 24.0 Å². The van der Waals surface area contributed by atoms with E-state index >= 15 is 0 Å². The maximum atomic E-state index is 5.95. The van der Waals surface area contributed by atoms with Gasteiger partial charge in [-0.3, -0.25) is 0 Å². The lowest BCUT2D eigenvalue weighted by atomic mass is 10.1. The second-order valence-corrected chi connectivity index (χ2v) is 5.37. The Labute approximate surface area is 153 Å². The van der Waals surface area contributed by atoms with Crippen LogP contribution in [-0.2, 0) is 19.4 Å². The Kier molecular flexibility index (Phi) is 6.20. The number of benzene rings is 1. The molecule has 23 heavy (non-hydrogen) atoms. The number of guanidine groups is 1. The van der Waals surface area contributed by atoms with Crippen LogP contribution in [0.2, 0.25) is 0 Å². The highest BCUT2D eigenvalue weighted by atomic mass is 127. The quantitative estimate of drug-likeness (QED) is 0.450. The molecule has 3 rings (SSSR count). The van der Waals surface area contributed by atoms with E-state index in [-0.39, 0.29) is 24.0 Å². The number of aromatic nitrogens is 1. The zero-order valence-electron chi connectivity index (χ0n) is 13.1. The number of nitrogens with zero attached hydrogens (tertiary/aromatic N) is 2. The van der Waals surface area contributed by atoms with Crippen LogP contribution in [0.1, 0.15) is 23.1 Å². The number of methoxy groups -OCH3 is 1. The Hall–Kier alpha value is -1.83. The van der Waals surface area contributed by atoms with E-state index < -0.39 is 0 Å². The summed E-state index contributed by atoms with van der Waals surface area (Å²) in [5, 5.41) is 3.15. The molecule has 2 aromatic rings. The SMILES string of the molecule is COc1ccc(CN=C(N)Nc2ccc3c(c2)CCC3)cn1.I. The van der Waals surface area contributed by atoms with E-state index in [0.717, 1.165) is 17.7 Å². The van der Waals surface area contributed by atoms with Crippen molar-refractivity contribution in [3.05, 3.63) is 53.2 Å². The van der Waals surface area contributed by atoms with Gasteiger partial charge in [0.15, 0.2) is 5.96 Å². The Balaban J connectivity index is 0.00000192. The number of hydrogen-bond acceptors (Lipinski definition) is 3. The number of halogens is 1. The summed E-state index contributed by atoms with van der Waals surface area (Å²) in [7, 11) is 1.60. The molecule has 1 aliphatic carbocycles. The van der Waals surface area contributed by atoms with Gasteiger partial charge in [0.2, 0.25) is 5.88 Å². The number of pyridine rings is 1. The highest BCUT2D eigenvalue weighted by Crippen LogP contribution is 2.24. The van der Waals surface area contributed by atoms with Crippen LogP contribution in [-0.4, -0.2) is 18.1 Å². The third-order valence-electron chi connectivity index (χ3n) is 3.81. The molecule has 122 valence electrons. The van der Waals surface area contributed by atoms with E-state index in [9.17, 15) is 0 Å². The third-order valence-corrected chi connectivity index (χ3v) is 3.81. The van der Waals surface area contributed by atoms with Crippen LogP contribution in [0, 0.1) is 0 Å². The fourth-order valence-electron chi connectivity index (χ4n) is 2.64.